The first-order chi connectivity index (χ1) is 14.5. The van der Waals surface area contributed by atoms with Gasteiger partial charge in [-0.1, -0.05) is 23.8 Å². The lowest BCUT2D eigenvalue weighted by Crippen LogP contribution is -2.28. The molecule has 1 saturated heterocycles. The molecule has 0 N–H and O–H groups in total. The largest absolute Gasteiger partial charge is 0.490 e. The number of benzene rings is 2. The molecule has 0 aromatic heterocycles. The van der Waals surface area contributed by atoms with Crippen molar-refractivity contribution in [2.24, 2.45) is 4.99 Å². The molecular formula is C23H23N3O3S. The zero-order valence-corrected chi connectivity index (χ0v) is 18.0. The molecule has 2 aromatic rings. The van der Waals surface area contributed by atoms with E-state index in [4.69, 9.17) is 14.7 Å². The van der Waals surface area contributed by atoms with Gasteiger partial charge in [-0.05, 0) is 68.4 Å². The number of ether oxygens (including phenoxy) is 2. The van der Waals surface area contributed by atoms with Gasteiger partial charge in [-0.3, -0.25) is 9.69 Å². The minimum atomic E-state index is -0.0730. The summed E-state index contributed by atoms with van der Waals surface area (Å²) in [7, 11) is 0. The van der Waals surface area contributed by atoms with Crippen LogP contribution in [0.25, 0.3) is 6.08 Å². The molecule has 0 spiro atoms. The summed E-state index contributed by atoms with van der Waals surface area (Å²) in [5.74, 6) is 0.970. The van der Waals surface area contributed by atoms with Crippen molar-refractivity contribution < 1.29 is 14.3 Å². The number of hydrogen-bond donors (Lipinski definition) is 0. The number of aliphatic imine (C=N–C) groups is 1. The van der Waals surface area contributed by atoms with E-state index in [2.05, 4.69) is 4.99 Å². The first-order valence-electron chi connectivity index (χ1n) is 9.69. The maximum absolute atomic E-state index is 12.9. The van der Waals surface area contributed by atoms with E-state index in [1.165, 1.54) is 11.8 Å². The zero-order chi connectivity index (χ0) is 21.5. The fourth-order valence-electron chi connectivity index (χ4n) is 2.86. The Bertz CT molecular complexity index is 1020. The Morgan fingerprint density at radius 3 is 2.57 bits per heavy atom. The number of hydrogen-bond acceptors (Lipinski definition) is 6. The van der Waals surface area contributed by atoms with Gasteiger partial charge in [0.25, 0.3) is 5.91 Å². The molecule has 0 bridgehead atoms. The maximum atomic E-state index is 12.9. The monoisotopic (exact) mass is 421 g/mol. The second-order valence-electron chi connectivity index (χ2n) is 6.48. The highest BCUT2D eigenvalue weighted by atomic mass is 32.2. The van der Waals surface area contributed by atoms with Crippen LogP contribution in [-0.4, -0.2) is 35.7 Å². The summed E-state index contributed by atoms with van der Waals surface area (Å²) in [5.41, 5.74) is 2.79. The summed E-state index contributed by atoms with van der Waals surface area (Å²) >= 11 is 1.35. The summed E-state index contributed by atoms with van der Waals surface area (Å²) in [4.78, 5) is 19.8. The first-order valence-corrected chi connectivity index (χ1v) is 10.5. The fourth-order valence-corrected chi connectivity index (χ4v) is 3.93. The third kappa shape index (κ3) is 5.02. The van der Waals surface area contributed by atoms with Crippen molar-refractivity contribution in [1.29, 1.82) is 5.26 Å². The van der Waals surface area contributed by atoms with Crippen LogP contribution in [0.4, 0.5) is 5.69 Å². The van der Waals surface area contributed by atoms with E-state index in [1.54, 1.807) is 11.0 Å². The molecule has 0 aliphatic carbocycles. The molecule has 154 valence electrons. The van der Waals surface area contributed by atoms with Gasteiger partial charge >= 0.3 is 0 Å². The van der Waals surface area contributed by atoms with Crippen molar-refractivity contribution in [3.63, 3.8) is 0 Å². The highest BCUT2D eigenvalue weighted by Gasteiger charge is 2.32. The topological polar surface area (TPSA) is 74.9 Å². The third-order valence-electron chi connectivity index (χ3n) is 4.32. The average molecular weight is 422 g/mol. The van der Waals surface area contributed by atoms with Crippen LogP contribution in [0.2, 0.25) is 0 Å². The van der Waals surface area contributed by atoms with Gasteiger partial charge in [0.05, 0.1) is 17.2 Å². The zero-order valence-electron chi connectivity index (χ0n) is 17.2. The second-order valence-corrected chi connectivity index (χ2v) is 7.49. The molecule has 6 nitrogen and oxygen atoms in total. The predicted octanol–water partition coefficient (Wildman–Crippen LogP) is 4.92. The Balaban J connectivity index is 1.89. The first kappa shape index (κ1) is 21.5. The molecule has 1 aliphatic rings. The van der Waals surface area contributed by atoms with Gasteiger partial charge in [0.2, 0.25) is 0 Å². The van der Waals surface area contributed by atoms with Gasteiger partial charge in [0.15, 0.2) is 23.3 Å². The highest BCUT2D eigenvalue weighted by molar-refractivity contribution is 8.18. The Morgan fingerprint density at radius 2 is 1.90 bits per heavy atom. The standard InChI is InChI=1S/C23H23N3O3S/c1-4-26-22(27)21(30-23(26)25-18-9-6-16(3)7-10-18)15-17-8-11-19(29-13-12-24)20(14-17)28-5-2/h6-11,14-15H,4-5,13H2,1-3H3/b21-15+,25-23?. The lowest BCUT2D eigenvalue weighted by molar-refractivity contribution is -0.122. The molecule has 30 heavy (non-hydrogen) atoms. The van der Waals surface area contributed by atoms with Crippen LogP contribution in [0.15, 0.2) is 52.4 Å². The van der Waals surface area contributed by atoms with Crippen molar-refractivity contribution in [2.75, 3.05) is 19.8 Å². The number of carbonyl (C=O) groups is 1. The van der Waals surface area contributed by atoms with Crippen molar-refractivity contribution in [1.82, 2.24) is 4.90 Å². The van der Waals surface area contributed by atoms with E-state index in [-0.39, 0.29) is 12.5 Å². The number of aryl methyl sites for hydroxylation is 1. The number of thioether (sulfide) groups is 1. The Labute approximate surface area is 180 Å². The van der Waals surface area contributed by atoms with E-state index in [0.29, 0.717) is 34.7 Å². The van der Waals surface area contributed by atoms with Gasteiger partial charge in [-0.25, -0.2) is 4.99 Å². The lowest BCUT2D eigenvalue weighted by atomic mass is 10.2. The number of nitriles is 1. The van der Waals surface area contributed by atoms with E-state index >= 15 is 0 Å². The predicted molar refractivity (Wildman–Crippen MR) is 120 cm³/mol. The minimum Gasteiger partial charge on any atom is -0.490 e. The van der Waals surface area contributed by atoms with Gasteiger partial charge in [-0.15, -0.1) is 0 Å². The third-order valence-corrected chi connectivity index (χ3v) is 5.33. The number of rotatable bonds is 7. The second kappa shape index (κ2) is 9.99. The Hall–Kier alpha value is -3.24. The molecule has 7 heteroatoms. The number of amidine groups is 1. The van der Waals surface area contributed by atoms with Crippen LogP contribution in [-0.2, 0) is 4.79 Å². The molecule has 0 atom stereocenters. The van der Waals surface area contributed by atoms with Crippen LogP contribution in [0.1, 0.15) is 25.0 Å². The van der Waals surface area contributed by atoms with Crippen LogP contribution in [0.3, 0.4) is 0 Å². The molecule has 1 amide bonds. The molecule has 1 fully saturated rings. The van der Waals surface area contributed by atoms with Gasteiger partial charge < -0.3 is 9.47 Å². The van der Waals surface area contributed by atoms with E-state index in [0.717, 1.165) is 16.8 Å². The molecular weight excluding hydrogens is 398 g/mol. The highest BCUT2D eigenvalue weighted by Crippen LogP contribution is 2.35. The molecule has 0 unspecified atom stereocenters. The number of amides is 1. The van der Waals surface area contributed by atoms with Crippen molar-refractivity contribution in [3.05, 3.63) is 58.5 Å². The van der Waals surface area contributed by atoms with Crippen LogP contribution in [0, 0.1) is 18.3 Å². The van der Waals surface area contributed by atoms with Crippen LogP contribution < -0.4 is 9.47 Å². The normalized spacial score (nSPS) is 16.2. The summed E-state index contributed by atoms with van der Waals surface area (Å²) in [5, 5.41) is 9.40. The van der Waals surface area contributed by atoms with E-state index in [9.17, 15) is 4.79 Å². The molecule has 1 aliphatic heterocycles. The quantitative estimate of drug-likeness (QED) is 0.593. The van der Waals surface area contributed by atoms with E-state index in [1.807, 2.05) is 69.3 Å². The smallest absolute Gasteiger partial charge is 0.266 e. The molecule has 2 aromatic carbocycles. The Kier molecular flexibility index (Phi) is 7.15. The SMILES string of the molecule is CCOc1cc(/C=C2/SC(=Nc3ccc(C)cc3)N(CC)C2=O)ccc1OCC#N. The van der Waals surface area contributed by atoms with Crippen molar-refractivity contribution in [2.45, 2.75) is 20.8 Å². The van der Waals surface area contributed by atoms with E-state index < -0.39 is 0 Å². The molecule has 0 saturated carbocycles. The van der Waals surface area contributed by atoms with Crippen molar-refractivity contribution >= 4 is 34.6 Å². The van der Waals surface area contributed by atoms with Gasteiger partial charge in [0, 0.05) is 6.54 Å². The van der Waals surface area contributed by atoms with Crippen LogP contribution in [0.5, 0.6) is 11.5 Å². The van der Waals surface area contributed by atoms with Gasteiger partial charge in [-0.2, -0.15) is 5.26 Å². The van der Waals surface area contributed by atoms with Crippen LogP contribution >= 0.6 is 11.8 Å². The number of carbonyl (C=O) groups excluding carboxylic acids is 1. The molecule has 1 heterocycles. The number of nitrogens with zero attached hydrogens (tertiary/aromatic N) is 3. The summed E-state index contributed by atoms with van der Waals surface area (Å²) in [6.45, 7) is 6.78. The molecule has 3 rings (SSSR count). The number of likely N-dealkylation sites (N-methyl/N-ethyl adjacent to an activating group) is 1. The summed E-state index contributed by atoms with van der Waals surface area (Å²) in [6, 6.07) is 15.2. The summed E-state index contributed by atoms with van der Waals surface area (Å²) < 4.78 is 11.0. The molecule has 0 radical (unpaired) electrons. The Morgan fingerprint density at radius 1 is 1.13 bits per heavy atom. The lowest BCUT2D eigenvalue weighted by Gasteiger charge is -2.12. The van der Waals surface area contributed by atoms with Gasteiger partial charge in [0.1, 0.15) is 6.07 Å². The summed E-state index contributed by atoms with van der Waals surface area (Å²) in [6.07, 6.45) is 1.82. The minimum absolute atomic E-state index is 0.0564. The van der Waals surface area contributed by atoms with Crippen molar-refractivity contribution in [3.8, 4) is 17.6 Å². The fraction of sp³-hybridized carbons (Fsp3) is 0.261. The maximum Gasteiger partial charge on any atom is 0.266 e. The average Bonchev–Trinajstić information content (AvgIpc) is 3.03.